The van der Waals surface area contributed by atoms with Gasteiger partial charge in [0.05, 0.1) is 31.2 Å². The molecule has 1 aromatic carbocycles. The first kappa shape index (κ1) is 22.7. The SMILES string of the molecule is COc1ccc(C2C(C(=O)OC(C)C)=C(C(F)(F)F)N=C3SC=C(CC(=O)O)N32)cc1. The highest BCUT2D eigenvalue weighted by Crippen LogP contribution is 2.48. The molecule has 0 spiro atoms. The van der Waals surface area contributed by atoms with Crippen molar-refractivity contribution in [2.45, 2.75) is 38.6 Å². The Balaban J connectivity index is 2.23. The summed E-state index contributed by atoms with van der Waals surface area (Å²) in [5.41, 5.74) is -1.52. The summed E-state index contributed by atoms with van der Waals surface area (Å²) >= 11 is 0.870. The molecule has 2 heterocycles. The third kappa shape index (κ3) is 4.71. The monoisotopic (exact) mass is 456 g/mol. The van der Waals surface area contributed by atoms with Crippen LogP contribution in [0.15, 0.2) is 51.6 Å². The zero-order chi connectivity index (χ0) is 22.9. The van der Waals surface area contributed by atoms with Gasteiger partial charge in [0, 0.05) is 5.70 Å². The predicted octanol–water partition coefficient (Wildman–Crippen LogP) is 4.24. The van der Waals surface area contributed by atoms with Crippen LogP contribution in [-0.4, -0.2) is 46.5 Å². The number of carbonyl (C=O) groups is 2. The summed E-state index contributed by atoms with van der Waals surface area (Å²) in [6, 6.07) is 4.85. The maximum atomic E-state index is 13.9. The van der Waals surface area contributed by atoms with Gasteiger partial charge in [0.1, 0.15) is 5.75 Å². The van der Waals surface area contributed by atoms with Gasteiger partial charge in [0.15, 0.2) is 10.9 Å². The molecule has 0 aliphatic carbocycles. The van der Waals surface area contributed by atoms with E-state index in [9.17, 15) is 27.9 Å². The molecule has 0 aromatic heterocycles. The number of thioether (sulfide) groups is 1. The summed E-state index contributed by atoms with van der Waals surface area (Å²) in [6.45, 7) is 3.04. The van der Waals surface area contributed by atoms with Crippen molar-refractivity contribution in [2.24, 2.45) is 4.99 Å². The van der Waals surface area contributed by atoms with E-state index in [4.69, 9.17) is 9.47 Å². The van der Waals surface area contributed by atoms with E-state index >= 15 is 0 Å². The van der Waals surface area contributed by atoms with E-state index in [0.717, 1.165) is 11.8 Å². The largest absolute Gasteiger partial charge is 0.497 e. The van der Waals surface area contributed by atoms with Crippen molar-refractivity contribution in [3.63, 3.8) is 0 Å². The van der Waals surface area contributed by atoms with E-state index in [2.05, 4.69) is 4.99 Å². The number of carboxylic acid groups (broad SMARTS) is 1. The number of hydrogen-bond donors (Lipinski definition) is 1. The van der Waals surface area contributed by atoms with Gasteiger partial charge in [-0.1, -0.05) is 23.9 Å². The van der Waals surface area contributed by atoms with Crippen LogP contribution in [0.2, 0.25) is 0 Å². The Hall–Kier alpha value is -2.95. The van der Waals surface area contributed by atoms with Crippen LogP contribution in [0.3, 0.4) is 0 Å². The Bertz CT molecular complexity index is 984. The number of nitrogens with zero attached hydrogens (tertiary/aromatic N) is 2. The molecule has 0 fully saturated rings. The molecule has 0 saturated carbocycles. The highest BCUT2D eigenvalue weighted by molar-refractivity contribution is 8.16. The first-order valence-electron chi connectivity index (χ1n) is 9.14. The summed E-state index contributed by atoms with van der Waals surface area (Å²) in [7, 11) is 1.44. The van der Waals surface area contributed by atoms with Crippen LogP contribution in [0, 0.1) is 0 Å². The van der Waals surface area contributed by atoms with E-state index in [1.807, 2.05) is 0 Å². The quantitative estimate of drug-likeness (QED) is 0.641. The number of carboxylic acids is 1. The maximum Gasteiger partial charge on any atom is 0.434 e. The van der Waals surface area contributed by atoms with Gasteiger partial charge in [-0.2, -0.15) is 13.2 Å². The second kappa shape index (κ2) is 8.66. The van der Waals surface area contributed by atoms with Crippen molar-refractivity contribution in [2.75, 3.05) is 7.11 Å². The molecule has 1 unspecified atom stereocenters. The van der Waals surface area contributed by atoms with Crippen molar-refractivity contribution >= 4 is 28.9 Å². The molecular weight excluding hydrogens is 437 g/mol. The number of rotatable bonds is 6. The molecule has 1 aromatic rings. The molecule has 0 radical (unpaired) electrons. The van der Waals surface area contributed by atoms with Gasteiger partial charge in [0.2, 0.25) is 0 Å². The lowest BCUT2D eigenvalue weighted by Gasteiger charge is -2.37. The second-order valence-corrected chi connectivity index (χ2v) is 7.79. The molecule has 31 heavy (non-hydrogen) atoms. The van der Waals surface area contributed by atoms with Gasteiger partial charge in [-0.05, 0) is 37.0 Å². The third-order valence-corrected chi connectivity index (χ3v) is 5.29. The first-order valence-corrected chi connectivity index (χ1v) is 10.0. The maximum absolute atomic E-state index is 13.9. The zero-order valence-corrected chi connectivity index (χ0v) is 17.6. The number of carbonyl (C=O) groups excluding carboxylic acids is 1. The predicted molar refractivity (Wildman–Crippen MR) is 107 cm³/mol. The molecule has 2 aliphatic rings. The molecule has 2 aliphatic heterocycles. The molecule has 1 N–H and O–H groups in total. The number of hydrogen-bond acceptors (Lipinski definition) is 7. The Morgan fingerprint density at radius 2 is 1.90 bits per heavy atom. The summed E-state index contributed by atoms with van der Waals surface area (Å²) in [5, 5.41) is 10.6. The molecule has 7 nitrogen and oxygen atoms in total. The van der Waals surface area contributed by atoms with Crippen molar-refractivity contribution in [1.29, 1.82) is 0 Å². The fraction of sp³-hybridized carbons (Fsp3) is 0.350. The normalized spacial score (nSPS) is 18.5. The number of halogens is 3. The Kier molecular flexibility index (Phi) is 6.35. The van der Waals surface area contributed by atoms with Crippen molar-refractivity contribution in [3.8, 4) is 5.75 Å². The van der Waals surface area contributed by atoms with Gasteiger partial charge < -0.3 is 19.5 Å². The summed E-state index contributed by atoms with van der Waals surface area (Å²) in [4.78, 5) is 29.2. The molecule has 1 atom stereocenters. The highest BCUT2D eigenvalue weighted by atomic mass is 32.2. The van der Waals surface area contributed by atoms with E-state index in [1.54, 1.807) is 12.1 Å². The lowest BCUT2D eigenvalue weighted by atomic mass is 9.93. The van der Waals surface area contributed by atoms with Crippen molar-refractivity contribution in [1.82, 2.24) is 4.90 Å². The number of allylic oxidation sites excluding steroid dienone is 1. The Morgan fingerprint density at radius 1 is 1.26 bits per heavy atom. The topological polar surface area (TPSA) is 88.4 Å². The standard InChI is InChI=1S/C20H19F3N2O5S/c1-10(2)30-18(28)15-16(11-4-6-13(29-3)7-5-11)25-12(8-14(26)27)9-31-19(25)24-17(15)20(21,22)23/h4-7,9-10,16H,8H2,1-3H3,(H,26,27). The number of methoxy groups -OCH3 is 1. The van der Waals surface area contributed by atoms with Gasteiger partial charge in [-0.3, -0.25) is 4.79 Å². The van der Waals surface area contributed by atoms with Crippen molar-refractivity contribution < 1.29 is 37.3 Å². The number of amidine groups is 1. The molecule has 3 rings (SSSR count). The Labute approximate surface area is 180 Å². The Morgan fingerprint density at radius 3 is 2.42 bits per heavy atom. The number of aliphatic imine (C=N–C) groups is 1. The molecule has 11 heteroatoms. The van der Waals surface area contributed by atoms with Crippen LogP contribution in [-0.2, 0) is 14.3 Å². The number of ether oxygens (including phenoxy) is 2. The highest BCUT2D eigenvalue weighted by Gasteiger charge is 2.49. The number of fused-ring (bicyclic) bond motifs is 1. The number of benzene rings is 1. The van der Waals surface area contributed by atoms with Gasteiger partial charge >= 0.3 is 18.1 Å². The summed E-state index contributed by atoms with van der Waals surface area (Å²) in [5.74, 6) is -1.87. The van der Waals surface area contributed by atoms with Gasteiger partial charge in [0.25, 0.3) is 0 Å². The third-order valence-electron chi connectivity index (χ3n) is 4.41. The number of alkyl halides is 3. The van der Waals surface area contributed by atoms with E-state index < -0.39 is 48.0 Å². The summed E-state index contributed by atoms with van der Waals surface area (Å²) in [6.07, 6.45) is -6.05. The van der Waals surface area contributed by atoms with Crippen LogP contribution in [0.4, 0.5) is 13.2 Å². The lowest BCUT2D eigenvalue weighted by molar-refractivity contribution is -0.145. The van der Waals surface area contributed by atoms with Gasteiger partial charge in [-0.15, -0.1) is 0 Å². The van der Waals surface area contributed by atoms with Gasteiger partial charge in [-0.25, -0.2) is 9.79 Å². The molecule has 0 amide bonds. The second-order valence-electron chi connectivity index (χ2n) is 6.95. The molecular formula is C20H19F3N2O5S. The van der Waals surface area contributed by atoms with E-state index in [-0.39, 0.29) is 10.9 Å². The lowest BCUT2D eigenvalue weighted by Crippen LogP contribution is -2.39. The average molecular weight is 456 g/mol. The van der Waals surface area contributed by atoms with Crippen LogP contribution in [0.1, 0.15) is 31.9 Å². The van der Waals surface area contributed by atoms with E-state index in [0.29, 0.717) is 11.3 Å². The van der Waals surface area contributed by atoms with Crippen LogP contribution < -0.4 is 4.74 Å². The minimum absolute atomic E-state index is 0.0644. The summed E-state index contributed by atoms with van der Waals surface area (Å²) < 4.78 is 52.0. The number of esters is 1. The molecule has 0 bridgehead atoms. The minimum atomic E-state index is -4.93. The van der Waals surface area contributed by atoms with Crippen LogP contribution >= 0.6 is 11.8 Å². The van der Waals surface area contributed by atoms with Crippen LogP contribution in [0.5, 0.6) is 5.75 Å². The fourth-order valence-corrected chi connectivity index (χ4v) is 4.13. The smallest absolute Gasteiger partial charge is 0.434 e. The molecule has 166 valence electrons. The number of aliphatic carboxylic acids is 1. The average Bonchev–Trinajstić information content (AvgIpc) is 3.07. The first-order chi connectivity index (χ1) is 14.5. The van der Waals surface area contributed by atoms with E-state index in [1.165, 1.54) is 43.4 Å². The fourth-order valence-electron chi connectivity index (χ4n) is 3.21. The molecule has 0 saturated heterocycles. The van der Waals surface area contributed by atoms with Crippen molar-refractivity contribution in [3.05, 3.63) is 52.2 Å². The van der Waals surface area contributed by atoms with Crippen LogP contribution in [0.25, 0.3) is 0 Å². The minimum Gasteiger partial charge on any atom is -0.497 e. The zero-order valence-electron chi connectivity index (χ0n) is 16.8.